The van der Waals surface area contributed by atoms with E-state index in [1.807, 2.05) is 19.9 Å². The van der Waals surface area contributed by atoms with Crippen molar-refractivity contribution in [2.45, 2.75) is 33.7 Å². The maximum Gasteiger partial charge on any atom is 0.513 e. The van der Waals surface area contributed by atoms with Crippen molar-refractivity contribution >= 4 is 23.7 Å². The summed E-state index contributed by atoms with van der Waals surface area (Å²) in [6.07, 6.45) is 1.62. The zero-order chi connectivity index (χ0) is 21.9. The van der Waals surface area contributed by atoms with Gasteiger partial charge in [0.25, 0.3) is 5.91 Å². The highest BCUT2D eigenvalue weighted by Crippen LogP contribution is 2.16. The van der Waals surface area contributed by atoms with Crippen LogP contribution in [0.15, 0.2) is 60.2 Å². The molecule has 0 aliphatic rings. The van der Waals surface area contributed by atoms with Crippen molar-refractivity contribution in [2.24, 2.45) is 0 Å². The van der Waals surface area contributed by atoms with Gasteiger partial charge in [-0.25, -0.2) is 4.79 Å². The van der Waals surface area contributed by atoms with Crippen LogP contribution in [0.1, 0.15) is 43.1 Å². The lowest BCUT2D eigenvalue weighted by Crippen LogP contribution is -2.21. The number of carbonyl (C=O) groups is 3. The Morgan fingerprint density at radius 2 is 1.77 bits per heavy atom. The second-order valence-electron chi connectivity index (χ2n) is 6.53. The van der Waals surface area contributed by atoms with Gasteiger partial charge < -0.3 is 20.1 Å². The molecule has 0 spiro atoms. The quantitative estimate of drug-likeness (QED) is 0.381. The Labute approximate surface area is 176 Å². The molecule has 0 aliphatic carbocycles. The first-order valence-electron chi connectivity index (χ1n) is 9.71. The van der Waals surface area contributed by atoms with Crippen LogP contribution in [0.4, 0.5) is 10.5 Å². The predicted molar refractivity (Wildman–Crippen MR) is 114 cm³/mol. The second kappa shape index (κ2) is 11.4. The van der Waals surface area contributed by atoms with Crippen molar-refractivity contribution in [3.05, 3.63) is 71.3 Å². The molecule has 2 aromatic rings. The molecular weight excluding hydrogens is 384 g/mol. The third-order valence-corrected chi connectivity index (χ3v) is 4.17. The molecule has 0 unspecified atom stereocenters. The summed E-state index contributed by atoms with van der Waals surface area (Å²) in [6, 6.07) is 13.4. The van der Waals surface area contributed by atoms with Crippen LogP contribution in [0, 0.1) is 0 Å². The van der Waals surface area contributed by atoms with Gasteiger partial charge in [0, 0.05) is 23.9 Å². The molecule has 7 heteroatoms. The largest absolute Gasteiger partial charge is 0.513 e. The van der Waals surface area contributed by atoms with Crippen molar-refractivity contribution in [1.82, 2.24) is 5.32 Å². The van der Waals surface area contributed by atoms with E-state index in [9.17, 15) is 14.4 Å². The molecular formula is C23H26N2O5. The van der Waals surface area contributed by atoms with Crippen LogP contribution >= 0.6 is 0 Å². The Hall–Kier alpha value is -3.61. The minimum absolute atomic E-state index is 0.145. The summed E-state index contributed by atoms with van der Waals surface area (Å²) in [7, 11) is 0. The number of amides is 2. The third kappa shape index (κ3) is 7.43. The molecule has 30 heavy (non-hydrogen) atoms. The van der Waals surface area contributed by atoms with Gasteiger partial charge in [-0.1, -0.05) is 24.6 Å². The van der Waals surface area contributed by atoms with E-state index >= 15 is 0 Å². The molecule has 2 rings (SSSR count). The first-order valence-corrected chi connectivity index (χ1v) is 9.71. The molecule has 0 saturated heterocycles. The molecule has 2 aromatic carbocycles. The van der Waals surface area contributed by atoms with Gasteiger partial charge in [-0.05, 0) is 62.2 Å². The Kier molecular flexibility index (Phi) is 8.62. The van der Waals surface area contributed by atoms with Gasteiger partial charge >= 0.3 is 6.16 Å². The molecule has 158 valence electrons. The second-order valence-corrected chi connectivity index (χ2v) is 6.53. The van der Waals surface area contributed by atoms with E-state index in [1.165, 1.54) is 12.1 Å². The predicted octanol–water partition coefficient (Wildman–Crippen LogP) is 4.45. The molecule has 0 heterocycles. The van der Waals surface area contributed by atoms with Crippen molar-refractivity contribution in [2.75, 3.05) is 11.9 Å². The molecule has 0 fully saturated rings. The number of allylic oxidation sites excluding steroid dienone is 1. The summed E-state index contributed by atoms with van der Waals surface area (Å²) < 4.78 is 9.67. The maximum atomic E-state index is 12.5. The van der Waals surface area contributed by atoms with Crippen molar-refractivity contribution < 1.29 is 23.9 Å². The van der Waals surface area contributed by atoms with Crippen molar-refractivity contribution in [3.8, 4) is 5.75 Å². The Morgan fingerprint density at radius 1 is 1.03 bits per heavy atom. The highest BCUT2D eigenvalue weighted by atomic mass is 16.7. The van der Waals surface area contributed by atoms with Crippen LogP contribution in [-0.4, -0.2) is 24.6 Å². The van der Waals surface area contributed by atoms with Crippen molar-refractivity contribution in [1.29, 1.82) is 0 Å². The summed E-state index contributed by atoms with van der Waals surface area (Å²) in [5.41, 5.74) is 2.89. The SMILES string of the molecule is CCOC(=O)Oc1ccc(C(=O)Nc2cccc(CNC(=O)/C=C(\C)CC)c2)cc1. The highest BCUT2D eigenvalue weighted by molar-refractivity contribution is 6.04. The minimum atomic E-state index is -0.793. The molecule has 7 nitrogen and oxygen atoms in total. The van der Waals surface area contributed by atoms with Gasteiger partial charge in [-0.15, -0.1) is 0 Å². The van der Waals surface area contributed by atoms with E-state index in [2.05, 4.69) is 10.6 Å². The van der Waals surface area contributed by atoms with Gasteiger partial charge in [0.2, 0.25) is 5.91 Å². The number of rotatable bonds is 8. The summed E-state index contributed by atoms with van der Waals surface area (Å²) >= 11 is 0. The topological polar surface area (TPSA) is 93.7 Å². The maximum absolute atomic E-state index is 12.5. The van der Waals surface area contributed by atoms with E-state index < -0.39 is 6.16 Å². The van der Waals surface area contributed by atoms with Gasteiger partial charge in [0.15, 0.2) is 0 Å². The summed E-state index contributed by atoms with van der Waals surface area (Å²) in [5, 5.41) is 5.64. The number of anilines is 1. The summed E-state index contributed by atoms with van der Waals surface area (Å²) in [6.45, 7) is 6.16. The third-order valence-electron chi connectivity index (χ3n) is 4.17. The van der Waals surface area contributed by atoms with Crippen LogP contribution in [0.5, 0.6) is 5.75 Å². The molecule has 0 atom stereocenters. The molecule has 0 saturated carbocycles. The molecule has 2 N–H and O–H groups in total. The summed E-state index contributed by atoms with van der Waals surface area (Å²) in [5.74, 6) is -0.163. The number of benzene rings is 2. The molecule has 0 aliphatic heterocycles. The first-order chi connectivity index (χ1) is 14.4. The average molecular weight is 410 g/mol. The lowest BCUT2D eigenvalue weighted by molar-refractivity contribution is -0.116. The van der Waals surface area contributed by atoms with Crippen LogP contribution < -0.4 is 15.4 Å². The number of hydrogen-bond acceptors (Lipinski definition) is 5. The standard InChI is InChI=1S/C23H26N2O5/c1-4-16(3)13-21(26)24-15-17-7-6-8-19(14-17)25-22(27)18-9-11-20(12-10-18)30-23(28)29-5-2/h6-14H,4-5,15H2,1-3H3,(H,24,26)(H,25,27)/b16-13+. The van der Waals surface area contributed by atoms with Gasteiger partial charge in [-0.2, -0.15) is 0 Å². The average Bonchev–Trinajstić information content (AvgIpc) is 2.73. The Morgan fingerprint density at radius 3 is 2.43 bits per heavy atom. The number of nitrogens with one attached hydrogen (secondary N) is 2. The lowest BCUT2D eigenvalue weighted by Gasteiger charge is -2.09. The lowest BCUT2D eigenvalue weighted by atomic mass is 10.1. The number of ether oxygens (including phenoxy) is 2. The minimum Gasteiger partial charge on any atom is -0.434 e. The van der Waals surface area contributed by atoms with E-state index in [-0.39, 0.29) is 24.2 Å². The fourth-order valence-electron chi connectivity index (χ4n) is 2.45. The zero-order valence-electron chi connectivity index (χ0n) is 17.4. The Balaban J connectivity index is 1.94. The molecule has 0 radical (unpaired) electrons. The number of hydrogen-bond donors (Lipinski definition) is 2. The molecule has 0 bridgehead atoms. The summed E-state index contributed by atoms with van der Waals surface area (Å²) in [4.78, 5) is 35.6. The zero-order valence-corrected chi connectivity index (χ0v) is 17.4. The highest BCUT2D eigenvalue weighted by Gasteiger charge is 2.09. The van der Waals surface area contributed by atoms with Crippen molar-refractivity contribution in [3.63, 3.8) is 0 Å². The van der Waals surface area contributed by atoms with E-state index in [1.54, 1.807) is 43.3 Å². The van der Waals surface area contributed by atoms with Gasteiger partial charge in [0.1, 0.15) is 5.75 Å². The van der Waals surface area contributed by atoms with E-state index in [0.29, 0.717) is 17.8 Å². The smallest absolute Gasteiger partial charge is 0.434 e. The normalized spacial score (nSPS) is 10.8. The monoisotopic (exact) mass is 410 g/mol. The van der Waals surface area contributed by atoms with E-state index in [0.717, 1.165) is 17.6 Å². The Bertz CT molecular complexity index is 919. The fraction of sp³-hybridized carbons (Fsp3) is 0.261. The molecule has 0 aromatic heterocycles. The van der Waals surface area contributed by atoms with Gasteiger partial charge in [0.05, 0.1) is 6.61 Å². The molecule has 2 amide bonds. The van der Waals surface area contributed by atoms with Crippen LogP contribution in [0.2, 0.25) is 0 Å². The first kappa shape index (κ1) is 22.7. The fourth-order valence-corrected chi connectivity index (χ4v) is 2.45. The number of carbonyl (C=O) groups excluding carboxylic acids is 3. The van der Waals surface area contributed by atoms with Crippen LogP contribution in [0.3, 0.4) is 0 Å². The van der Waals surface area contributed by atoms with Crippen LogP contribution in [-0.2, 0) is 16.1 Å². The van der Waals surface area contributed by atoms with Gasteiger partial charge in [-0.3, -0.25) is 9.59 Å². The van der Waals surface area contributed by atoms with E-state index in [4.69, 9.17) is 9.47 Å². The van der Waals surface area contributed by atoms with Crippen LogP contribution in [0.25, 0.3) is 0 Å².